The standard InChI is InChI=1S/C50H89NO18/c1-3-5-7-9-11-13-15-16-17-18-19-21-23-25-27-34(55)33(51-38(56)28-26-24-22-20-14-12-10-8-6-4-2)32-64-48-44(62)41(59)46(36(30-53)66-48)69-50-45(63)42(60)47(37(31-54)67-50)68-49-43(61)40(58)39(57)35(29-52)65-49/h13,15,18-19,25,27,33-37,39-50,52-55,57-63H,3-12,14,16-17,20-24,26,28-32H2,1-2H3,(H,51,56)/b15-13+,19-18+,27-25+. The molecule has 3 saturated heterocycles. The number of ether oxygens (including phenoxy) is 6. The minimum Gasteiger partial charge on any atom is -0.394 e. The smallest absolute Gasteiger partial charge is 0.220 e. The fourth-order valence-electron chi connectivity index (χ4n) is 8.57. The highest BCUT2D eigenvalue weighted by Crippen LogP contribution is 2.33. The van der Waals surface area contributed by atoms with Gasteiger partial charge in [0.2, 0.25) is 5.91 Å². The van der Waals surface area contributed by atoms with E-state index in [9.17, 15) is 61.0 Å². The zero-order valence-electron chi connectivity index (χ0n) is 41.0. The summed E-state index contributed by atoms with van der Waals surface area (Å²) < 4.78 is 34.0. The zero-order valence-corrected chi connectivity index (χ0v) is 41.0. The van der Waals surface area contributed by atoms with Crippen molar-refractivity contribution in [3.05, 3.63) is 36.5 Å². The maximum atomic E-state index is 13.2. The predicted molar refractivity (Wildman–Crippen MR) is 254 cm³/mol. The molecule has 0 aliphatic carbocycles. The first-order chi connectivity index (χ1) is 33.3. The van der Waals surface area contributed by atoms with Gasteiger partial charge >= 0.3 is 0 Å². The molecule has 0 bridgehead atoms. The van der Waals surface area contributed by atoms with Crippen molar-refractivity contribution < 1.29 is 89.4 Å². The molecular weight excluding hydrogens is 903 g/mol. The first-order valence-electron chi connectivity index (χ1n) is 25.7. The lowest BCUT2D eigenvalue weighted by atomic mass is 9.96. The normalized spacial score (nSPS) is 33.1. The first kappa shape index (κ1) is 61.3. The number of aliphatic hydroxyl groups is 11. The molecule has 3 rings (SSSR count). The average Bonchev–Trinajstić information content (AvgIpc) is 3.34. The molecule has 3 aliphatic rings. The van der Waals surface area contributed by atoms with Gasteiger partial charge in [-0.3, -0.25) is 4.79 Å². The van der Waals surface area contributed by atoms with E-state index in [-0.39, 0.29) is 18.9 Å². The van der Waals surface area contributed by atoms with Gasteiger partial charge in [-0.2, -0.15) is 0 Å². The Morgan fingerprint density at radius 2 is 0.928 bits per heavy atom. The van der Waals surface area contributed by atoms with E-state index in [0.717, 1.165) is 44.9 Å². The quantitative estimate of drug-likeness (QED) is 0.0318. The number of carbonyl (C=O) groups is 1. The van der Waals surface area contributed by atoms with Crippen LogP contribution in [0.1, 0.15) is 142 Å². The monoisotopic (exact) mass is 992 g/mol. The summed E-state index contributed by atoms with van der Waals surface area (Å²) >= 11 is 0. The number of rotatable bonds is 35. The number of nitrogens with one attached hydrogen (secondary N) is 1. The van der Waals surface area contributed by atoms with Crippen molar-refractivity contribution >= 4 is 5.91 Å². The van der Waals surface area contributed by atoms with Crippen LogP contribution < -0.4 is 5.32 Å². The number of carbonyl (C=O) groups excluding carboxylic acids is 1. The fraction of sp³-hybridized carbons (Fsp3) is 0.860. The van der Waals surface area contributed by atoms with Crippen LogP contribution in [0.2, 0.25) is 0 Å². The largest absolute Gasteiger partial charge is 0.394 e. The lowest BCUT2D eigenvalue weighted by Crippen LogP contribution is -2.66. The molecule has 0 aromatic rings. The Bertz CT molecular complexity index is 1420. The Kier molecular flexibility index (Phi) is 31.3. The Balaban J connectivity index is 1.59. The molecule has 0 saturated carbocycles. The van der Waals surface area contributed by atoms with E-state index in [1.165, 1.54) is 64.2 Å². The van der Waals surface area contributed by atoms with Crippen LogP contribution in [0.3, 0.4) is 0 Å². The van der Waals surface area contributed by atoms with Crippen molar-refractivity contribution in [2.24, 2.45) is 0 Å². The highest BCUT2D eigenvalue weighted by atomic mass is 16.8. The van der Waals surface area contributed by atoms with Crippen LogP contribution in [0.4, 0.5) is 0 Å². The van der Waals surface area contributed by atoms with Gasteiger partial charge in [0.05, 0.1) is 38.6 Å². The maximum absolute atomic E-state index is 13.2. The van der Waals surface area contributed by atoms with Crippen LogP contribution in [0, 0.1) is 0 Å². The predicted octanol–water partition coefficient (Wildman–Crippen LogP) is 1.81. The van der Waals surface area contributed by atoms with E-state index >= 15 is 0 Å². The summed E-state index contributed by atoms with van der Waals surface area (Å²) in [7, 11) is 0. The second kappa shape index (κ2) is 35.2. The van der Waals surface area contributed by atoms with Gasteiger partial charge in [-0.05, 0) is 44.9 Å². The maximum Gasteiger partial charge on any atom is 0.220 e. The number of aliphatic hydroxyl groups excluding tert-OH is 11. The van der Waals surface area contributed by atoms with Crippen molar-refractivity contribution in [1.29, 1.82) is 0 Å². The minimum atomic E-state index is -1.98. The molecule has 17 unspecified atom stereocenters. The van der Waals surface area contributed by atoms with Gasteiger partial charge in [0, 0.05) is 6.42 Å². The molecule has 19 nitrogen and oxygen atoms in total. The number of allylic oxidation sites excluding steroid dienone is 5. The Morgan fingerprint density at radius 1 is 0.507 bits per heavy atom. The Morgan fingerprint density at radius 3 is 1.45 bits per heavy atom. The molecule has 1 amide bonds. The van der Waals surface area contributed by atoms with Crippen LogP contribution in [-0.4, -0.2) is 193 Å². The number of hydrogen-bond acceptors (Lipinski definition) is 18. The molecule has 19 heteroatoms. The van der Waals surface area contributed by atoms with E-state index in [4.69, 9.17) is 28.4 Å². The first-order valence-corrected chi connectivity index (χ1v) is 25.7. The Hall–Kier alpha value is -1.99. The van der Waals surface area contributed by atoms with Crippen LogP contribution in [-0.2, 0) is 33.2 Å². The highest BCUT2D eigenvalue weighted by Gasteiger charge is 2.53. The van der Waals surface area contributed by atoms with Crippen molar-refractivity contribution in [3.8, 4) is 0 Å². The second-order valence-corrected chi connectivity index (χ2v) is 18.6. The molecular formula is C50H89NO18. The van der Waals surface area contributed by atoms with Gasteiger partial charge < -0.3 is 89.9 Å². The summed E-state index contributed by atoms with van der Waals surface area (Å²) in [5.41, 5.74) is 0. The van der Waals surface area contributed by atoms with Crippen molar-refractivity contribution in [2.75, 3.05) is 26.4 Å². The number of amides is 1. The molecule has 3 heterocycles. The lowest BCUT2D eigenvalue weighted by Gasteiger charge is -2.48. The lowest BCUT2D eigenvalue weighted by molar-refractivity contribution is -0.379. The average molecular weight is 992 g/mol. The minimum absolute atomic E-state index is 0.233. The van der Waals surface area contributed by atoms with Crippen LogP contribution in [0.5, 0.6) is 0 Å². The Labute approximate surface area is 409 Å². The van der Waals surface area contributed by atoms with E-state index in [0.29, 0.717) is 12.8 Å². The van der Waals surface area contributed by atoms with Crippen molar-refractivity contribution in [2.45, 2.75) is 247 Å². The number of unbranched alkanes of at least 4 members (excludes halogenated alkanes) is 15. The van der Waals surface area contributed by atoms with Gasteiger partial charge in [0.1, 0.15) is 73.2 Å². The molecule has 17 atom stereocenters. The SMILES string of the molecule is CCCCCC/C=C/CC/C=C/CC/C=C/C(O)C(COC1OC(CO)C(OC2OC(CO)C(OC3OC(CO)C(O)C(O)C3O)C(O)C2O)C(O)C1O)NC(=O)CCCCCCCCCCCC. The molecule has 0 radical (unpaired) electrons. The van der Waals surface area contributed by atoms with Gasteiger partial charge in [0.15, 0.2) is 18.9 Å². The molecule has 69 heavy (non-hydrogen) atoms. The van der Waals surface area contributed by atoms with E-state index < -0.39 is 124 Å². The van der Waals surface area contributed by atoms with Crippen LogP contribution >= 0.6 is 0 Å². The van der Waals surface area contributed by atoms with Crippen LogP contribution in [0.15, 0.2) is 36.5 Å². The van der Waals surface area contributed by atoms with Crippen LogP contribution in [0.25, 0.3) is 0 Å². The summed E-state index contributed by atoms with van der Waals surface area (Å²) in [6.45, 7) is 1.60. The molecule has 0 aromatic carbocycles. The molecule has 3 aliphatic heterocycles. The summed E-state index contributed by atoms with van der Waals surface area (Å²) in [6, 6.07) is -0.989. The third kappa shape index (κ3) is 21.2. The molecule has 12 N–H and O–H groups in total. The van der Waals surface area contributed by atoms with Gasteiger partial charge in [-0.25, -0.2) is 0 Å². The topological polar surface area (TPSA) is 307 Å². The van der Waals surface area contributed by atoms with Gasteiger partial charge in [-0.15, -0.1) is 0 Å². The summed E-state index contributed by atoms with van der Waals surface area (Å²) in [5.74, 6) is -0.296. The third-order valence-electron chi connectivity index (χ3n) is 12.9. The highest BCUT2D eigenvalue weighted by molar-refractivity contribution is 5.76. The van der Waals surface area contributed by atoms with Crippen molar-refractivity contribution in [1.82, 2.24) is 5.32 Å². The molecule has 402 valence electrons. The van der Waals surface area contributed by atoms with E-state index in [1.807, 2.05) is 6.08 Å². The van der Waals surface area contributed by atoms with E-state index in [1.54, 1.807) is 6.08 Å². The third-order valence-corrected chi connectivity index (χ3v) is 12.9. The molecule has 3 fully saturated rings. The summed E-state index contributed by atoms with van der Waals surface area (Å²) in [5, 5.41) is 119. The fourth-order valence-corrected chi connectivity index (χ4v) is 8.57. The number of hydrogen-bond donors (Lipinski definition) is 12. The summed E-state index contributed by atoms with van der Waals surface area (Å²) in [6.07, 6.45) is 5.88. The van der Waals surface area contributed by atoms with Crippen molar-refractivity contribution in [3.63, 3.8) is 0 Å². The zero-order chi connectivity index (χ0) is 50.6. The molecule has 0 aromatic heterocycles. The van der Waals surface area contributed by atoms with E-state index in [2.05, 4.69) is 43.5 Å². The van der Waals surface area contributed by atoms with Gasteiger partial charge in [-0.1, -0.05) is 127 Å². The second-order valence-electron chi connectivity index (χ2n) is 18.6. The molecule has 0 spiro atoms. The summed E-state index contributed by atoms with van der Waals surface area (Å²) in [4.78, 5) is 13.2. The van der Waals surface area contributed by atoms with Gasteiger partial charge in [0.25, 0.3) is 0 Å².